The maximum absolute atomic E-state index is 15.3. The van der Waals surface area contributed by atoms with Crippen molar-refractivity contribution in [3.63, 3.8) is 0 Å². The number of nitrogens with zero attached hydrogens (tertiary/aromatic N) is 4. The van der Waals surface area contributed by atoms with Crippen molar-refractivity contribution < 1.29 is 29.1 Å². The Kier molecular flexibility index (Phi) is 9.46. The van der Waals surface area contributed by atoms with Gasteiger partial charge < -0.3 is 24.4 Å². The van der Waals surface area contributed by atoms with E-state index in [1.54, 1.807) is 29.0 Å². The lowest BCUT2D eigenvalue weighted by atomic mass is 9.82. The van der Waals surface area contributed by atoms with Gasteiger partial charge in [-0.1, -0.05) is 61.6 Å². The number of methoxy groups -OCH3 is 1. The molecule has 14 heteroatoms. The summed E-state index contributed by atoms with van der Waals surface area (Å²) in [6.45, 7) is 6.91. The molecule has 3 aliphatic rings. The van der Waals surface area contributed by atoms with Gasteiger partial charge in [-0.2, -0.15) is 0 Å². The minimum absolute atomic E-state index is 0.00131. The SMILES string of the molecule is COc1ccc([Si](C)(C)[C@H]2[C@H](CC(=O)N3CCC[C@H]3CO)O[C@@]3(C(=O)N(Cc4cccc(-n5[nH]c6ccccc6c5=O)c4)c4ccc([N+](=O)[O-])cc43)[C@@H]2C)cc1. The standard InChI is InChI=1S/C42H45N5O8Si/c1-26-39(56(3,4)32-17-15-31(54-2)16-18-32)37(23-38(49)44-20-8-11-30(44)25-48)55-42(26)34-22-29(47(52)53)14-19-36(34)45(41(42)51)24-27-9-7-10-28(21-27)46-40(50)33-12-5-6-13-35(33)43-46/h5-7,9-10,12-19,21-22,26,30,37,39,43,48H,8,11,20,23-25H2,1-4H3/t26-,30+,37+,39-,42+/m1/s1. The number of aliphatic hydroxyl groups is 1. The minimum Gasteiger partial charge on any atom is -0.497 e. The average Bonchev–Trinajstić information content (AvgIpc) is 3.95. The van der Waals surface area contributed by atoms with E-state index in [4.69, 9.17) is 9.47 Å². The van der Waals surface area contributed by atoms with Gasteiger partial charge in [0, 0.05) is 30.2 Å². The van der Waals surface area contributed by atoms with Gasteiger partial charge in [0.15, 0.2) is 5.60 Å². The second-order valence-corrected chi connectivity index (χ2v) is 20.4. The molecule has 2 saturated heterocycles. The normalized spacial score (nSPS) is 23.3. The van der Waals surface area contributed by atoms with Crippen LogP contribution in [0.4, 0.5) is 11.4 Å². The number of H-pyrrole nitrogens is 1. The molecule has 4 heterocycles. The quantitative estimate of drug-likeness (QED) is 0.109. The lowest BCUT2D eigenvalue weighted by Crippen LogP contribution is -2.52. The molecule has 2 N–H and O–H groups in total. The molecule has 0 saturated carbocycles. The first-order valence-electron chi connectivity index (χ1n) is 19.0. The molecule has 5 aromatic rings. The Morgan fingerprint density at radius 1 is 1.05 bits per heavy atom. The number of hydrogen-bond donors (Lipinski definition) is 2. The molecule has 8 rings (SSSR count). The number of fused-ring (bicyclic) bond motifs is 3. The number of non-ortho nitro benzene ring substituents is 1. The van der Waals surface area contributed by atoms with Gasteiger partial charge in [0.05, 0.1) is 74.1 Å². The largest absolute Gasteiger partial charge is 0.497 e. The van der Waals surface area contributed by atoms with Gasteiger partial charge in [0.2, 0.25) is 5.91 Å². The molecule has 0 bridgehead atoms. The number of nitrogens with one attached hydrogen (secondary N) is 1. The first-order chi connectivity index (χ1) is 26.9. The van der Waals surface area contributed by atoms with Crippen molar-refractivity contribution in [3.8, 4) is 11.4 Å². The highest BCUT2D eigenvalue weighted by Crippen LogP contribution is 2.60. The summed E-state index contributed by atoms with van der Waals surface area (Å²) >= 11 is 0. The van der Waals surface area contributed by atoms with Gasteiger partial charge in [-0.3, -0.25) is 29.6 Å². The van der Waals surface area contributed by atoms with Crippen LogP contribution in [0.2, 0.25) is 18.6 Å². The van der Waals surface area contributed by atoms with Crippen molar-refractivity contribution in [2.45, 2.75) is 69.1 Å². The van der Waals surface area contributed by atoms with Gasteiger partial charge in [-0.15, -0.1) is 0 Å². The van der Waals surface area contributed by atoms with E-state index in [1.165, 1.54) is 16.8 Å². The lowest BCUT2D eigenvalue weighted by molar-refractivity contribution is -0.385. The second kappa shape index (κ2) is 14.2. The number of nitro groups is 1. The summed E-state index contributed by atoms with van der Waals surface area (Å²) in [4.78, 5) is 57.9. The van der Waals surface area contributed by atoms with Gasteiger partial charge >= 0.3 is 0 Å². The highest BCUT2D eigenvalue weighted by Gasteiger charge is 2.67. The third kappa shape index (κ3) is 5.94. The molecule has 0 radical (unpaired) electrons. The van der Waals surface area contributed by atoms with Gasteiger partial charge in [-0.05, 0) is 66.4 Å². The molecule has 5 atom stereocenters. The second-order valence-electron chi connectivity index (χ2n) is 15.7. The van der Waals surface area contributed by atoms with Crippen molar-refractivity contribution in [2.24, 2.45) is 5.92 Å². The summed E-state index contributed by atoms with van der Waals surface area (Å²) in [6.07, 6.45) is 0.802. The number of para-hydroxylation sites is 1. The lowest BCUT2D eigenvalue weighted by Gasteiger charge is -2.37. The molecular weight excluding hydrogens is 731 g/mol. The van der Waals surface area contributed by atoms with E-state index >= 15 is 4.79 Å². The molecule has 0 aliphatic carbocycles. The van der Waals surface area contributed by atoms with Gasteiger partial charge in [-0.25, -0.2) is 4.68 Å². The number of carbonyl (C=O) groups excluding carboxylic acids is 2. The zero-order chi connectivity index (χ0) is 39.5. The maximum atomic E-state index is 15.3. The van der Waals surface area contributed by atoms with Crippen LogP contribution >= 0.6 is 0 Å². The predicted molar refractivity (Wildman–Crippen MR) is 214 cm³/mol. The number of aliphatic hydroxyl groups excluding tert-OH is 1. The smallest absolute Gasteiger partial charge is 0.279 e. The van der Waals surface area contributed by atoms with E-state index in [9.17, 15) is 24.8 Å². The van der Waals surface area contributed by atoms with Crippen LogP contribution in [-0.4, -0.2) is 77.0 Å². The van der Waals surface area contributed by atoms with E-state index in [1.807, 2.05) is 73.7 Å². The number of anilines is 1. The van der Waals surface area contributed by atoms with Crippen LogP contribution in [0.3, 0.4) is 0 Å². The van der Waals surface area contributed by atoms with Gasteiger partial charge in [0.25, 0.3) is 17.2 Å². The Hall–Kier alpha value is -5.57. The zero-order valence-corrected chi connectivity index (χ0v) is 32.8. The number of ether oxygens (including phenoxy) is 2. The molecule has 13 nitrogen and oxygen atoms in total. The monoisotopic (exact) mass is 775 g/mol. The van der Waals surface area contributed by atoms with Gasteiger partial charge in [0.1, 0.15) is 5.75 Å². The Labute approximate surface area is 324 Å². The third-order valence-corrected chi connectivity index (χ3v) is 16.8. The van der Waals surface area contributed by atoms with Crippen LogP contribution < -0.4 is 20.4 Å². The summed E-state index contributed by atoms with van der Waals surface area (Å²) in [5, 5.41) is 27.1. The number of likely N-dealkylation sites (tertiary alicyclic amines) is 1. The molecule has 2 fully saturated rings. The molecule has 2 amide bonds. The van der Waals surface area contributed by atoms with E-state index < -0.39 is 30.6 Å². The highest BCUT2D eigenvalue weighted by molar-refractivity contribution is 6.91. The summed E-state index contributed by atoms with van der Waals surface area (Å²) in [6, 6.07) is 26.7. The Morgan fingerprint density at radius 3 is 2.54 bits per heavy atom. The minimum atomic E-state index is -2.62. The van der Waals surface area contributed by atoms with Crippen molar-refractivity contribution in [2.75, 3.05) is 25.2 Å². The number of amides is 2. The molecule has 3 aliphatic heterocycles. The number of aromatic nitrogens is 2. The maximum Gasteiger partial charge on any atom is 0.279 e. The van der Waals surface area contributed by atoms with Crippen molar-refractivity contribution in [3.05, 3.63) is 123 Å². The Balaban J connectivity index is 1.21. The molecule has 4 aromatic carbocycles. The fourth-order valence-corrected chi connectivity index (χ4v) is 13.6. The van der Waals surface area contributed by atoms with Crippen LogP contribution in [0.15, 0.2) is 95.8 Å². The predicted octanol–water partition coefficient (Wildman–Crippen LogP) is 5.37. The number of hydrogen-bond acceptors (Lipinski definition) is 8. The first-order valence-corrected chi connectivity index (χ1v) is 22.1. The summed E-state index contributed by atoms with van der Waals surface area (Å²) < 4.78 is 14.0. The molecule has 290 valence electrons. The van der Waals surface area contributed by atoms with Crippen LogP contribution in [0.5, 0.6) is 5.75 Å². The van der Waals surface area contributed by atoms with Crippen molar-refractivity contribution >= 4 is 47.4 Å². The van der Waals surface area contributed by atoms with Crippen LogP contribution in [0.1, 0.15) is 37.3 Å². The highest BCUT2D eigenvalue weighted by atomic mass is 28.3. The Morgan fingerprint density at radius 2 is 1.82 bits per heavy atom. The summed E-state index contributed by atoms with van der Waals surface area (Å²) in [5.41, 5.74) is 0.652. The van der Waals surface area contributed by atoms with E-state index in [0.717, 1.165) is 17.2 Å². The van der Waals surface area contributed by atoms with E-state index in [2.05, 4.69) is 18.2 Å². The average molecular weight is 776 g/mol. The molecule has 0 unspecified atom stereocenters. The molecule has 56 heavy (non-hydrogen) atoms. The number of nitro benzene ring substituents is 1. The molecule has 1 spiro atoms. The number of aromatic amines is 1. The molecule has 1 aromatic heterocycles. The fraction of sp³-hybridized carbons (Fsp3) is 0.357. The number of benzene rings is 4. The summed E-state index contributed by atoms with van der Waals surface area (Å²) in [5.74, 6) is -0.290. The number of rotatable bonds is 10. The third-order valence-electron chi connectivity index (χ3n) is 12.4. The van der Waals surface area contributed by atoms with Crippen molar-refractivity contribution in [1.29, 1.82) is 0 Å². The fourth-order valence-electron chi connectivity index (χ4n) is 9.63. The molecular formula is C42H45N5O8Si. The van der Waals surface area contributed by atoms with Crippen LogP contribution in [0.25, 0.3) is 16.6 Å². The number of carbonyl (C=O) groups is 2. The van der Waals surface area contributed by atoms with Crippen molar-refractivity contribution in [1.82, 2.24) is 14.7 Å². The Bertz CT molecular complexity index is 2410. The topological polar surface area (TPSA) is 160 Å². The van der Waals surface area contributed by atoms with Crippen LogP contribution in [-0.2, 0) is 26.5 Å². The first kappa shape index (κ1) is 37.4. The summed E-state index contributed by atoms with van der Waals surface area (Å²) in [7, 11) is -1.01. The van der Waals surface area contributed by atoms with E-state index in [0.29, 0.717) is 46.6 Å². The van der Waals surface area contributed by atoms with E-state index in [-0.39, 0.29) is 54.2 Å². The zero-order valence-electron chi connectivity index (χ0n) is 31.8. The van der Waals surface area contributed by atoms with Crippen LogP contribution in [0, 0.1) is 16.0 Å².